The van der Waals surface area contributed by atoms with Crippen molar-refractivity contribution in [2.24, 2.45) is 0 Å². The van der Waals surface area contributed by atoms with E-state index in [1.807, 2.05) is 0 Å². The Morgan fingerprint density at radius 1 is 1.17 bits per heavy atom. The third kappa shape index (κ3) is 4.63. The van der Waals surface area contributed by atoms with Crippen LogP contribution in [0.15, 0.2) is 35.1 Å². The van der Waals surface area contributed by atoms with Gasteiger partial charge in [-0.3, -0.25) is 9.59 Å². The number of rotatable bonds is 6. The van der Waals surface area contributed by atoms with Gasteiger partial charge in [0, 0.05) is 12.6 Å². The first-order valence-corrected chi connectivity index (χ1v) is 6.61. The maximum atomic E-state index is 11.8. The summed E-state index contributed by atoms with van der Waals surface area (Å²) in [7, 11) is 1.45. The van der Waals surface area contributed by atoms with Gasteiger partial charge in [-0.2, -0.15) is 0 Å². The number of nitrogens with zero attached hydrogens (tertiary/aromatic N) is 2. The molecule has 1 heterocycles. The van der Waals surface area contributed by atoms with E-state index >= 15 is 0 Å². The van der Waals surface area contributed by atoms with E-state index in [0.29, 0.717) is 11.5 Å². The number of hydrogen-bond donors (Lipinski definition) is 2. The average molecular weight is 318 g/mol. The van der Waals surface area contributed by atoms with Gasteiger partial charge in [-0.05, 0) is 24.3 Å². The number of nitrogens with one attached hydrogen (secondary N) is 2. The zero-order valence-corrected chi connectivity index (χ0v) is 12.2. The summed E-state index contributed by atoms with van der Waals surface area (Å²) in [5.74, 6) is -1.23. The molecule has 0 aliphatic rings. The molecule has 0 saturated heterocycles. The molecule has 1 aromatic heterocycles. The number of ether oxygens (including phenoxy) is 1. The van der Waals surface area contributed by atoms with Gasteiger partial charge in [0.2, 0.25) is 18.2 Å². The van der Waals surface area contributed by atoms with E-state index in [9.17, 15) is 14.4 Å². The van der Waals surface area contributed by atoms with Crippen LogP contribution in [0.5, 0.6) is 0 Å². The SMILES string of the molecule is CNC(=O)CNC(=O)COC(=O)c1ccc(-c2nnco2)cc1. The van der Waals surface area contributed by atoms with Crippen LogP contribution in [0.25, 0.3) is 11.5 Å². The molecule has 9 heteroatoms. The summed E-state index contributed by atoms with van der Waals surface area (Å²) >= 11 is 0. The van der Waals surface area contributed by atoms with Crippen molar-refractivity contribution in [2.45, 2.75) is 0 Å². The van der Waals surface area contributed by atoms with E-state index in [-0.39, 0.29) is 18.0 Å². The molecule has 0 bridgehead atoms. The first kappa shape index (κ1) is 16.1. The zero-order chi connectivity index (χ0) is 16.7. The number of hydrogen-bond acceptors (Lipinski definition) is 7. The monoisotopic (exact) mass is 318 g/mol. The minimum atomic E-state index is -0.655. The summed E-state index contributed by atoms with van der Waals surface area (Å²) < 4.78 is 9.88. The number of benzene rings is 1. The first-order valence-electron chi connectivity index (χ1n) is 6.61. The lowest BCUT2D eigenvalue weighted by molar-refractivity contribution is -0.127. The third-order valence-corrected chi connectivity index (χ3v) is 2.79. The van der Waals surface area contributed by atoms with Crippen molar-refractivity contribution < 1.29 is 23.5 Å². The van der Waals surface area contributed by atoms with Crippen molar-refractivity contribution in [3.63, 3.8) is 0 Å². The standard InChI is InChI=1S/C14H14N4O5/c1-15-11(19)6-16-12(20)7-22-14(21)10-4-2-9(3-5-10)13-18-17-8-23-13/h2-5,8H,6-7H2,1H3,(H,15,19)(H,16,20). The topological polar surface area (TPSA) is 123 Å². The first-order chi connectivity index (χ1) is 11.1. The van der Waals surface area contributed by atoms with Gasteiger partial charge in [0.25, 0.3) is 5.91 Å². The molecule has 0 atom stereocenters. The number of amides is 2. The largest absolute Gasteiger partial charge is 0.452 e. The van der Waals surface area contributed by atoms with Crippen molar-refractivity contribution in [3.8, 4) is 11.5 Å². The van der Waals surface area contributed by atoms with Gasteiger partial charge in [-0.1, -0.05) is 0 Å². The van der Waals surface area contributed by atoms with Crippen LogP contribution in [0.4, 0.5) is 0 Å². The Labute approximate surface area is 131 Å². The van der Waals surface area contributed by atoms with Gasteiger partial charge < -0.3 is 19.8 Å². The van der Waals surface area contributed by atoms with E-state index in [1.165, 1.54) is 25.6 Å². The molecule has 120 valence electrons. The summed E-state index contributed by atoms with van der Waals surface area (Å²) in [5, 5.41) is 12.0. The maximum absolute atomic E-state index is 11.8. The average Bonchev–Trinajstić information content (AvgIpc) is 3.12. The van der Waals surface area contributed by atoms with Crippen LogP contribution in [0.3, 0.4) is 0 Å². The molecular formula is C14H14N4O5. The van der Waals surface area contributed by atoms with Gasteiger partial charge in [0.15, 0.2) is 6.61 Å². The van der Waals surface area contributed by atoms with Crippen molar-refractivity contribution in [1.29, 1.82) is 0 Å². The second-order valence-corrected chi connectivity index (χ2v) is 4.35. The Bertz CT molecular complexity index is 682. The van der Waals surface area contributed by atoms with Crippen LogP contribution in [0.1, 0.15) is 10.4 Å². The van der Waals surface area contributed by atoms with Crippen LogP contribution in [-0.4, -0.2) is 48.2 Å². The number of aromatic nitrogens is 2. The summed E-state index contributed by atoms with van der Waals surface area (Å²) in [4.78, 5) is 34.2. The molecule has 2 amide bonds. The minimum Gasteiger partial charge on any atom is -0.452 e. The normalized spacial score (nSPS) is 9.96. The Kier molecular flexibility index (Phi) is 5.40. The predicted octanol–water partition coefficient (Wildman–Crippen LogP) is -0.244. The maximum Gasteiger partial charge on any atom is 0.338 e. The molecule has 0 unspecified atom stereocenters. The third-order valence-electron chi connectivity index (χ3n) is 2.79. The van der Waals surface area contributed by atoms with Crippen LogP contribution in [0, 0.1) is 0 Å². The molecule has 2 aromatic rings. The molecule has 0 spiro atoms. The van der Waals surface area contributed by atoms with Crippen molar-refractivity contribution in [3.05, 3.63) is 36.2 Å². The molecule has 0 radical (unpaired) electrons. The fraction of sp³-hybridized carbons (Fsp3) is 0.214. The second-order valence-electron chi connectivity index (χ2n) is 4.35. The summed E-state index contributed by atoms with van der Waals surface area (Å²) in [6, 6.07) is 6.28. The lowest BCUT2D eigenvalue weighted by Crippen LogP contribution is -2.37. The second kappa shape index (κ2) is 7.69. The minimum absolute atomic E-state index is 0.175. The molecule has 23 heavy (non-hydrogen) atoms. The lowest BCUT2D eigenvalue weighted by atomic mass is 10.1. The van der Waals surface area contributed by atoms with Crippen LogP contribution >= 0.6 is 0 Å². The number of carbonyl (C=O) groups is 3. The van der Waals surface area contributed by atoms with E-state index in [2.05, 4.69) is 20.8 Å². The van der Waals surface area contributed by atoms with Crippen molar-refractivity contribution in [2.75, 3.05) is 20.2 Å². The highest BCUT2D eigenvalue weighted by Crippen LogP contribution is 2.16. The quantitative estimate of drug-likeness (QED) is 0.704. The van der Waals surface area contributed by atoms with Crippen LogP contribution < -0.4 is 10.6 Å². The Hall–Kier alpha value is -3.23. The smallest absolute Gasteiger partial charge is 0.338 e. The van der Waals surface area contributed by atoms with Gasteiger partial charge in [-0.25, -0.2) is 4.79 Å². The number of carbonyl (C=O) groups excluding carboxylic acids is 3. The fourth-order valence-electron chi connectivity index (χ4n) is 1.58. The lowest BCUT2D eigenvalue weighted by Gasteiger charge is -2.06. The molecule has 0 aliphatic heterocycles. The van der Waals surface area contributed by atoms with E-state index in [1.54, 1.807) is 12.1 Å². The van der Waals surface area contributed by atoms with Crippen LogP contribution in [0.2, 0.25) is 0 Å². The number of likely N-dealkylation sites (N-methyl/N-ethyl adjacent to an activating group) is 1. The van der Waals surface area contributed by atoms with Crippen molar-refractivity contribution >= 4 is 17.8 Å². The van der Waals surface area contributed by atoms with Crippen LogP contribution in [-0.2, 0) is 14.3 Å². The van der Waals surface area contributed by atoms with Crippen molar-refractivity contribution in [1.82, 2.24) is 20.8 Å². The molecule has 1 aromatic carbocycles. The molecule has 2 rings (SSSR count). The predicted molar refractivity (Wildman–Crippen MR) is 77.1 cm³/mol. The molecule has 0 saturated carbocycles. The molecule has 0 fully saturated rings. The van der Waals surface area contributed by atoms with Gasteiger partial charge in [0.1, 0.15) is 0 Å². The highest BCUT2D eigenvalue weighted by molar-refractivity contribution is 5.92. The van der Waals surface area contributed by atoms with E-state index in [0.717, 1.165) is 0 Å². The Morgan fingerprint density at radius 2 is 1.91 bits per heavy atom. The molecule has 2 N–H and O–H groups in total. The highest BCUT2D eigenvalue weighted by Gasteiger charge is 2.12. The fourth-order valence-corrected chi connectivity index (χ4v) is 1.58. The Balaban J connectivity index is 1.84. The van der Waals surface area contributed by atoms with Gasteiger partial charge in [-0.15, -0.1) is 10.2 Å². The summed E-state index contributed by atoms with van der Waals surface area (Å²) in [6.07, 6.45) is 1.20. The summed E-state index contributed by atoms with van der Waals surface area (Å²) in [5.41, 5.74) is 0.926. The van der Waals surface area contributed by atoms with Gasteiger partial charge in [0.05, 0.1) is 12.1 Å². The molecule has 0 aliphatic carbocycles. The zero-order valence-electron chi connectivity index (χ0n) is 12.2. The molecular weight excluding hydrogens is 304 g/mol. The number of esters is 1. The summed E-state index contributed by atoms with van der Waals surface area (Å²) in [6.45, 7) is -0.646. The van der Waals surface area contributed by atoms with E-state index in [4.69, 9.17) is 9.15 Å². The molecule has 9 nitrogen and oxygen atoms in total. The van der Waals surface area contributed by atoms with Gasteiger partial charge >= 0.3 is 5.97 Å². The van der Waals surface area contributed by atoms with E-state index < -0.39 is 18.5 Å². The highest BCUT2D eigenvalue weighted by atomic mass is 16.5. The Morgan fingerprint density at radius 3 is 2.52 bits per heavy atom.